The summed E-state index contributed by atoms with van der Waals surface area (Å²) in [4.78, 5) is 9.66. The Bertz CT molecular complexity index is 534. The number of halogens is 3. The molecule has 1 fully saturated rings. The Morgan fingerprint density at radius 3 is 2.52 bits per heavy atom. The van der Waals surface area contributed by atoms with E-state index in [0.717, 1.165) is 37.8 Å². The average molecular weight is 303 g/mol. The molecular formula is C13H16F3N3O2. The lowest BCUT2D eigenvalue weighted by atomic mass is 9.91. The number of hydrogen-bond donors (Lipinski definition) is 2. The van der Waals surface area contributed by atoms with E-state index in [9.17, 15) is 23.3 Å². The normalized spacial score (nSPS) is 22.9. The van der Waals surface area contributed by atoms with Gasteiger partial charge in [0.15, 0.2) is 0 Å². The molecule has 5 nitrogen and oxygen atoms in total. The number of hydrogen-bond acceptors (Lipinski definition) is 4. The minimum Gasteiger partial charge on any atom is -0.381 e. The number of nitro groups is 1. The number of nitrogens with zero attached hydrogens (tertiary/aromatic N) is 1. The molecule has 1 saturated carbocycles. The molecule has 2 rings (SSSR count). The van der Waals surface area contributed by atoms with Crippen molar-refractivity contribution in [2.75, 3.05) is 5.32 Å². The minimum atomic E-state index is -4.77. The first-order chi connectivity index (χ1) is 9.79. The van der Waals surface area contributed by atoms with Crippen molar-refractivity contribution < 1.29 is 18.1 Å². The second kappa shape index (κ2) is 5.88. The van der Waals surface area contributed by atoms with Gasteiger partial charge in [-0.3, -0.25) is 10.1 Å². The number of nitrogens with two attached hydrogens (primary N) is 1. The molecule has 21 heavy (non-hydrogen) atoms. The molecular weight excluding hydrogens is 287 g/mol. The fourth-order valence-electron chi connectivity index (χ4n) is 2.56. The molecule has 0 amide bonds. The van der Waals surface area contributed by atoms with E-state index in [1.165, 1.54) is 6.07 Å². The summed E-state index contributed by atoms with van der Waals surface area (Å²) >= 11 is 0. The number of alkyl halides is 3. The van der Waals surface area contributed by atoms with Crippen molar-refractivity contribution in [3.8, 4) is 0 Å². The minimum absolute atomic E-state index is 0.110. The average Bonchev–Trinajstić information content (AvgIpc) is 2.40. The van der Waals surface area contributed by atoms with E-state index in [4.69, 9.17) is 5.73 Å². The molecule has 1 aliphatic carbocycles. The van der Waals surface area contributed by atoms with Crippen molar-refractivity contribution in [2.24, 2.45) is 5.73 Å². The van der Waals surface area contributed by atoms with Crippen LogP contribution < -0.4 is 11.1 Å². The van der Waals surface area contributed by atoms with Crippen molar-refractivity contribution in [3.63, 3.8) is 0 Å². The predicted octanol–water partition coefficient (Wildman–Crippen LogP) is 3.30. The topological polar surface area (TPSA) is 81.2 Å². The lowest BCUT2D eigenvalue weighted by Crippen LogP contribution is -2.42. The molecule has 116 valence electrons. The maximum absolute atomic E-state index is 12.9. The largest absolute Gasteiger partial charge is 0.423 e. The molecule has 1 aliphatic rings. The lowest BCUT2D eigenvalue weighted by Gasteiger charge is -2.30. The number of anilines is 1. The van der Waals surface area contributed by atoms with Crippen LogP contribution >= 0.6 is 0 Å². The van der Waals surface area contributed by atoms with Gasteiger partial charge in [-0.05, 0) is 25.0 Å². The van der Waals surface area contributed by atoms with Gasteiger partial charge in [-0.15, -0.1) is 0 Å². The summed E-state index contributed by atoms with van der Waals surface area (Å²) in [5.41, 5.74) is 3.95. The molecule has 0 heterocycles. The highest BCUT2D eigenvalue weighted by molar-refractivity contribution is 5.55. The molecule has 0 aliphatic heterocycles. The summed E-state index contributed by atoms with van der Waals surface area (Å²) < 4.78 is 38.7. The zero-order valence-electron chi connectivity index (χ0n) is 11.2. The van der Waals surface area contributed by atoms with Gasteiger partial charge in [0.25, 0.3) is 5.69 Å². The van der Waals surface area contributed by atoms with Crippen molar-refractivity contribution in [2.45, 2.75) is 43.9 Å². The van der Waals surface area contributed by atoms with Crippen LogP contribution in [0.2, 0.25) is 0 Å². The second-order valence-electron chi connectivity index (χ2n) is 5.19. The van der Waals surface area contributed by atoms with Gasteiger partial charge in [0.05, 0.1) is 4.92 Å². The molecule has 2 atom stereocenters. The summed E-state index contributed by atoms with van der Waals surface area (Å²) in [6.07, 6.45) is -1.21. The highest BCUT2D eigenvalue weighted by Crippen LogP contribution is 2.38. The van der Waals surface area contributed by atoms with E-state index in [1.807, 2.05) is 0 Å². The Labute approximate surface area is 119 Å². The van der Waals surface area contributed by atoms with E-state index < -0.39 is 22.4 Å². The predicted molar refractivity (Wildman–Crippen MR) is 72.0 cm³/mol. The molecule has 0 spiro atoms. The van der Waals surface area contributed by atoms with E-state index in [2.05, 4.69) is 5.32 Å². The summed E-state index contributed by atoms with van der Waals surface area (Å²) in [7, 11) is 0. The van der Waals surface area contributed by atoms with E-state index in [1.54, 1.807) is 0 Å². The molecule has 1 aromatic rings. The Balaban J connectivity index is 2.27. The third-order valence-corrected chi connectivity index (χ3v) is 3.67. The molecule has 8 heteroatoms. The number of nitrogens with one attached hydrogen (secondary N) is 1. The summed E-state index contributed by atoms with van der Waals surface area (Å²) in [5, 5.41) is 13.6. The first kappa shape index (κ1) is 15.6. The van der Waals surface area contributed by atoms with Crippen molar-refractivity contribution in [1.29, 1.82) is 0 Å². The summed E-state index contributed by atoms with van der Waals surface area (Å²) in [5.74, 6) is 0. The third kappa shape index (κ3) is 3.63. The first-order valence-corrected chi connectivity index (χ1v) is 6.67. The van der Waals surface area contributed by atoms with Crippen molar-refractivity contribution in [1.82, 2.24) is 0 Å². The summed E-state index contributed by atoms with van der Waals surface area (Å²) in [6, 6.07) is 2.71. The van der Waals surface area contributed by atoms with Crippen LogP contribution in [0.15, 0.2) is 18.2 Å². The van der Waals surface area contributed by atoms with Gasteiger partial charge in [-0.2, -0.15) is 13.2 Å². The molecule has 0 aromatic heterocycles. The Kier molecular flexibility index (Phi) is 4.36. The van der Waals surface area contributed by atoms with E-state index in [0.29, 0.717) is 0 Å². The number of benzene rings is 1. The quantitative estimate of drug-likeness (QED) is 0.663. The molecule has 1 aromatic carbocycles. The van der Waals surface area contributed by atoms with Gasteiger partial charge in [-0.25, -0.2) is 0 Å². The Morgan fingerprint density at radius 1 is 1.29 bits per heavy atom. The maximum Gasteiger partial charge on any atom is 0.423 e. The highest BCUT2D eigenvalue weighted by Gasteiger charge is 2.38. The molecule has 3 N–H and O–H groups in total. The highest BCUT2D eigenvalue weighted by atomic mass is 19.4. The number of nitro benzene ring substituents is 1. The van der Waals surface area contributed by atoms with Crippen LogP contribution in [-0.2, 0) is 6.18 Å². The van der Waals surface area contributed by atoms with Gasteiger partial charge < -0.3 is 11.1 Å². The first-order valence-electron chi connectivity index (χ1n) is 6.67. The van der Waals surface area contributed by atoms with Gasteiger partial charge >= 0.3 is 6.18 Å². The van der Waals surface area contributed by atoms with Gasteiger partial charge in [-0.1, -0.05) is 12.8 Å². The zero-order valence-corrected chi connectivity index (χ0v) is 11.2. The SMILES string of the molecule is NC1CCCCC1Nc1ccc([N+](=O)[O-])c(C(F)(F)F)c1. The Morgan fingerprint density at radius 2 is 1.95 bits per heavy atom. The van der Waals surface area contributed by atoms with Gasteiger partial charge in [0.2, 0.25) is 0 Å². The van der Waals surface area contributed by atoms with Crippen LogP contribution in [0.1, 0.15) is 31.2 Å². The monoisotopic (exact) mass is 303 g/mol. The fraction of sp³-hybridized carbons (Fsp3) is 0.538. The van der Waals surface area contributed by atoms with Gasteiger partial charge in [0.1, 0.15) is 5.56 Å². The van der Waals surface area contributed by atoms with E-state index in [-0.39, 0.29) is 17.8 Å². The smallest absolute Gasteiger partial charge is 0.381 e. The van der Waals surface area contributed by atoms with Crippen LogP contribution in [0.3, 0.4) is 0 Å². The van der Waals surface area contributed by atoms with E-state index >= 15 is 0 Å². The molecule has 0 bridgehead atoms. The summed E-state index contributed by atoms with van der Waals surface area (Å²) in [6.45, 7) is 0. The third-order valence-electron chi connectivity index (χ3n) is 3.67. The van der Waals surface area contributed by atoms with Crippen molar-refractivity contribution in [3.05, 3.63) is 33.9 Å². The lowest BCUT2D eigenvalue weighted by molar-refractivity contribution is -0.388. The fourth-order valence-corrected chi connectivity index (χ4v) is 2.56. The Hall–Kier alpha value is -1.83. The van der Waals surface area contributed by atoms with Crippen LogP contribution in [0.25, 0.3) is 0 Å². The second-order valence-corrected chi connectivity index (χ2v) is 5.19. The van der Waals surface area contributed by atoms with Crippen LogP contribution in [0.5, 0.6) is 0 Å². The van der Waals surface area contributed by atoms with Crippen LogP contribution in [0, 0.1) is 10.1 Å². The standard InChI is InChI=1S/C13H16F3N3O2/c14-13(15,16)9-7-8(5-6-12(9)19(20)21)18-11-4-2-1-3-10(11)17/h5-7,10-11,18H,1-4,17H2. The van der Waals surface area contributed by atoms with Gasteiger partial charge in [0, 0.05) is 23.8 Å². The molecule has 0 radical (unpaired) electrons. The molecule has 0 saturated heterocycles. The number of rotatable bonds is 3. The van der Waals surface area contributed by atoms with Crippen LogP contribution in [-0.4, -0.2) is 17.0 Å². The maximum atomic E-state index is 12.9. The zero-order chi connectivity index (χ0) is 15.6. The van der Waals surface area contributed by atoms with Crippen molar-refractivity contribution >= 4 is 11.4 Å². The van der Waals surface area contributed by atoms with Crippen LogP contribution in [0.4, 0.5) is 24.5 Å². The molecule has 2 unspecified atom stereocenters.